The van der Waals surface area contributed by atoms with E-state index in [-0.39, 0.29) is 13.2 Å². The topological polar surface area (TPSA) is 118 Å². The first-order chi connectivity index (χ1) is 12.9. The molecule has 3 N–H and O–H groups in total. The number of carboxylic acid groups (broad SMARTS) is 1. The molecule has 0 fully saturated rings. The molecule has 8 nitrogen and oxygen atoms in total. The van der Waals surface area contributed by atoms with E-state index in [0.29, 0.717) is 29.8 Å². The van der Waals surface area contributed by atoms with Gasteiger partial charge in [-0.15, -0.1) is 0 Å². The van der Waals surface area contributed by atoms with Crippen molar-refractivity contribution in [3.8, 4) is 5.75 Å². The highest BCUT2D eigenvalue weighted by molar-refractivity contribution is 5.98. The summed E-state index contributed by atoms with van der Waals surface area (Å²) in [6.07, 6.45) is 0.357. The third-order valence-electron chi connectivity index (χ3n) is 4.27. The molecule has 2 aromatic rings. The molecular weight excluding hydrogens is 359 g/mol. The molecule has 0 bridgehead atoms. The molecule has 1 aromatic carbocycles. The van der Waals surface area contributed by atoms with Crippen LogP contribution in [-0.2, 0) is 29.1 Å². The second-order valence-corrected chi connectivity index (χ2v) is 6.05. The molecule has 1 aliphatic rings. The molecule has 0 unspecified atom stereocenters. The molecule has 0 spiro atoms. The van der Waals surface area contributed by atoms with Crippen molar-refractivity contribution in [2.24, 2.45) is 0 Å². The number of carboxylic acids is 1. The minimum absolute atomic E-state index is 0.0179. The lowest BCUT2D eigenvalue weighted by Gasteiger charge is -2.24. The highest BCUT2D eigenvalue weighted by Crippen LogP contribution is 2.28. The quantitative estimate of drug-likeness (QED) is 0.704. The van der Waals surface area contributed by atoms with Gasteiger partial charge >= 0.3 is 5.97 Å². The van der Waals surface area contributed by atoms with Gasteiger partial charge in [-0.2, -0.15) is 0 Å². The summed E-state index contributed by atoms with van der Waals surface area (Å²) < 4.78 is 19.8. The first-order valence-corrected chi connectivity index (χ1v) is 8.18. The molecule has 9 heteroatoms. The van der Waals surface area contributed by atoms with Gasteiger partial charge in [-0.25, -0.2) is 4.39 Å². The zero-order chi connectivity index (χ0) is 19.6. The van der Waals surface area contributed by atoms with Crippen LogP contribution in [0.3, 0.4) is 0 Å². The number of aromatic nitrogens is 1. The van der Waals surface area contributed by atoms with Crippen molar-refractivity contribution in [2.45, 2.75) is 19.6 Å². The average molecular weight is 376 g/mol. The summed E-state index contributed by atoms with van der Waals surface area (Å²) in [5.41, 5.74) is 0.184. The summed E-state index contributed by atoms with van der Waals surface area (Å²) in [4.78, 5) is 35.8. The van der Waals surface area contributed by atoms with Crippen molar-refractivity contribution in [3.05, 3.63) is 62.8 Å². The summed E-state index contributed by atoms with van der Waals surface area (Å²) in [5.74, 6) is -3.19. The van der Waals surface area contributed by atoms with Crippen LogP contribution in [0.25, 0.3) is 0 Å². The van der Waals surface area contributed by atoms with Gasteiger partial charge < -0.3 is 24.8 Å². The number of hydrogen-bond donors (Lipinski definition) is 3. The predicted molar refractivity (Wildman–Crippen MR) is 91.2 cm³/mol. The molecular formula is C18H17FN2O6. The van der Waals surface area contributed by atoms with Crippen molar-refractivity contribution in [3.63, 3.8) is 0 Å². The highest BCUT2D eigenvalue weighted by Gasteiger charge is 2.27. The van der Waals surface area contributed by atoms with E-state index in [9.17, 15) is 23.9 Å². The molecule has 1 aromatic heterocycles. The summed E-state index contributed by atoms with van der Waals surface area (Å²) in [5, 5.41) is 21.2. The van der Waals surface area contributed by atoms with Gasteiger partial charge in [0.1, 0.15) is 23.7 Å². The normalized spacial score (nSPS) is 13.1. The third kappa shape index (κ3) is 3.82. The Morgan fingerprint density at radius 3 is 2.63 bits per heavy atom. The Morgan fingerprint density at radius 1 is 1.26 bits per heavy atom. The van der Waals surface area contributed by atoms with Crippen molar-refractivity contribution in [2.75, 3.05) is 13.2 Å². The van der Waals surface area contributed by atoms with E-state index in [2.05, 4.69) is 5.32 Å². The Bertz CT molecular complexity index is 952. The van der Waals surface area contributed by atoms with E-state index < -0.39 is 41.1 Å². The third-order valence-corrected chi connectivity index (χ3v) is 4.27. The molecule has 0 saturated carbocycles. The zero-order valence-electron chi connectivity index (χ0n) is 14.2. The molecule has 1 aliphatic heterocycles. The van der Waals surface area contributed by atoms with Crippen LogP contribution < -0.4 is 10.9 Å². The van der Waals surface area contributed by atoms with E-state index in [1.807, 2.05) is 0 Å². The average Bonchev–Trinajstić information content (AvgIpc) is 2.65. The maximum absolute atomic E-state index is 13.1. The Hall–Kier alpha value is -3.20. The van der Waals surface area contributed by atoms with Crippen LogP contribution in [0, 0.1) is 5.82 Å². The Balaban J connectivity index is 2.09. The lowest BCUT2D eigenvalue weighted by Crippen LogP contribution is -2.38. The second-order valence-electron chi connectivity index (χ2n) is 6.05. The monoisotopic (exact) mass is 376 g/mol. The van der Waals surface area contributed by atoms with E-state index in [0.717, 1.165) is 0 Å². The van der Waals surface area contributed by atoms with Crippen LogP contribution in [0.4, 0.5) is 4.39 Å². The van der Waals surface area contributed by atoms with Crippen LogP contribution in [0.15, 0.2) is 29.1 Å². The second kappa shape index (κ2) is 7.58. The van der Waals surface area contributed by atoms with Crippen LogP contribution in [0.1, 0.15) is 27.2 Å². The number of carbonyl (C=O) groups is 2. The number of carbonyl (C=O) groups excluding carboxylic acids is 1. The number of halogens is 1. The van der Waals surface area contributed by atoms with Gasteiger partial charge in [0.2, 0.25) is 0 Å². The van der Waals surface area contributed by atoms with Gasteiger partial charge in [0.05, 0.1) is 19.8 Å². The number of pyridine rings is 1. The number of nitrogens with one attached hydrogen (secondary N) is 1. The summed E-state index contributed by atoms with van der Waals surface area (Å²) in [7, 11) is 0. The standard InChI is InChI=1S/C18H17FN2O6/c19-11-3-1-10(2-4-11)8-21-13-5-6-27-9-12(13)16(24)15(18(21)26)17(25)20-7-14(22)23/h1-4,24H,5-9H2,(H,20,25)(H,22,23). The number of rotatable bonds is 5. The van der Waals surface area contributed by atoms with E-state index in [1.165, 1.54) is 28.8 Å². The van der Waals surface area contributed by atoms with E-state index in [4.69, 9.17) is 9.84 Å². The van der Waals surface area contributed by atoms with Gasteiger partial charge in [-0.1, -0.05) is 12.1 Å². The Labute approximate surface area is 152 Å². The van der Waals surface area contributed by atoms with Crippen molar-refractivity contribution in [1.82, 2.24) is 9.88 Å². The van der Waals surface area contributed by atoms with Crippen LogP contribution in [0.2, 0.25) is 0 Å². The smallest absolute Gasteiger partial charge is 0.322 e. The Morgan fingerprint density at radius 2 is 1.96 bits per heavy atom. The molecule has 0 atom stereocenters. The molecule has 0 aliphatic carbocycles. The molecule has 3 rings (SSSR count). The van der Waals surface area contributed by atoms with Gasteiger partial charge in [-0.05, 0) is 17.7 Å². The van der Waals surface area contributed by atoms with E-state index >= 15 is 0 Å². The molecule has 2 heterocycles. The molecule has 1 amide bonds. The van der Waals surface area contributed by atoms with Gasteiger partial charge in [-0.3, -0.25) is 14.4 Å². The summed E-state index contributed by atoms with van der Waals surface area (Å²) >= 11 is 0. The highest BCUT2D eigenvalue weighted by atomic mass is 19.1. The number of benzene rings is 1. The van der Waals surface area contributed by atoms with Gasteiger partial charge in [0.15, 0.2) is 0 Å². The first kappa shape index (κ1) is 18.6. The number of nitrogens with zero attached hydrogens (tertiary/aromatic N) is 1. The minimum Gasteiger partial charge on any atom is -0.506 e. The lowest BCUT2D eigenvalue weighted by molar-refractivity contribution is -0.135. The summed E-state index contributed by atoms with van der Waals surface area (Å²) in [6, 6.07) is 5.56. The summed E-state index contributed by atoms with van der Waals surface area (Å²) in [6.45, 7) is -0.256. The fourth-order valence-corrected chi connectivity index (χ4v) is 2.98. The molecule has 0 radical (unpaired) electrons. The van der Waals surface area contributed by atoms with E-state index in [1.54, 1.807) is 0 Å². The van der Waals surface area contributed by atoms with Gasteiger partial charge in [0.25, 0.3) is 11.5 Å². The molecule has 142 valence electrons. The number of amides is 1. The van der Waals surface area contributed by atoms with Crippen molar-refractivity contribution < 1.29 is 28.9 Å². The lowest BCUT2D eigenvalue weighted by atomic mass is 10.0. The Kier molecular flexibility index (Phi) is 5.22. The maximum atomic E-state index is 13.1. The minimum atomic E-state index is -1.28. The number of fused-ring (bicyclic) bond motifs is 1. The first-order valence-electron chi connectivity index (χ1n) is 8.18. The fourth-order valence-electron chi connectivity index (χ4n) is 2.98. The number of hydrogen-bond acceptors (Lipinski definition) is 5. The molecule has 0 saturated heterocycles. The number of aliphatic carboxylic acids is 1. The zero-order valence-corrected chi connectivity index (χ0v) is 14.2. The molecule has 27 heavy (non-hydrogen) atoms. The van der Waals surface area contributed by atoms with Gasteiger partial charge in [0, 0.05) is 17.7 Å². The maximum Gasteiger partial charge on any atom is 0.322 e. The fraction of sp³-hybridized carbons (Fsp3) is 0.278. The number of ether oxygens (including phenoxy) is 1. The largest absolute Gasteiger partial charge is 0.506 e. The van der Waals surface area contributed by atoms with Crippen molar-refractivity contribution in [1.29, 1.82) is 0 Å². The predicted octanol–water partition coefficient (Wildman–Crippen LogP) is 0.628. The SMILES string of the molecule is O=C(O)CNC(=O)c1c(O)c2c(n(Cc3ccc(F)cc3)c1=O)CCOC2. The van der Waals surface area contributed by atoms with Crippen LogP contribution >= 0.6 is 0 Å². The number of aromatic hydroxyl groups is 1. The van der Waals surface area contributed by atoms with Crippen molar-refractivity contribution >= 4 is 11.9 Å². The van der Waals surface area contributed by atoms with Crippen LogP contribution in [0.5, 0.6) is 5.75 Å². The van der Waals surface area contributed by atoms with Crippen LogP contribution in [-0.4, -0.2) is 39.8 Å².